The summed E-state index contributed by atoms with van der Waals surface area (Å²) >= 11 is 0. The third kappa shape index (κ3) is 5.16. The number of pyridine rings is 4. The SMILES string of the molecule is c1ccc(-c2c3ccccc3nc3c2ccc2ccc(-c4ccc5cc(-c6ccc7ccc8c(-c9ccccc9)c9ccccc9nc8c7n6)ccc5c4)nc23)cc1. The predicted molar refractivity (Wildman–Crippen MR) is 242 cm³/mol. The van der Waals surface area contributed by atoms with Crippen molar-refractivity contribution in [2.75, 3.05) is 0 Å². The Hall–Kier alpha value is -7.82. The molecule has 0 spiro atoms. The fraction of sp³-hybridized carbons (Fsp3) is 0. The monoisotopic (exact) mass is 736 g/mol. The van der Waals surface area contributed by atoms with Gasteiger partial charge in [-0.25, -0.2) is 19.9 Å². The highest BCUT2D eigenvalue weighted by Crippen LogP contribution is 2.40. The maximum absolute atomic E-state index is 5.31. The molecule has 4 nitrogen and oxygen atoms in total. The summed E-state index contributed by atoms with van der Waals surface area (Å²) in [5, 5.41) is 8.90. The zero-order valence-electron chi connectivity index (χ0n) is 31.3. The van der Waals surface area contributed by atoms with Crippen molar-refractivity contribution in [2.45, 2.75) is 0 Å². The van der Waals surface area contributed by atoms with Gasteiger partial charge in [-0.2, -0.15) is 0 Å². The van der Waals surface area contributed by atoms with Gasteiger partial charge in [0.15, 0.2) is 0 Å². The lowest BCUT2D eigenvalue weighted by molar-refractivity contribution is 1.39. The molecule has 0 radical (unpaired) electrons. The van der Waals surface area contributed by atoms with Crippen molar-refractivity contribution in [3.63, 3.8) is 0 Å². The second-order valence-corrected chi connectivity index (χ2v) is 15.0. The molecule has 0 unspecified atom stereocenters. The molecule has 0 saturated carbocycles. The van der Waals surface area contributed by atoms with E-state index in [1.807, 2.05) is 0 Å². The standard InChI is InChI=1S/C54H32N4/c1-3-11-33(12-4-1)49-41-15-7-9-17-47(41)57-53-43(49)27-23-35-25-29-45(55-51(35)53)39-21-19-38-32-40(22-20-37(38)31-39)46-30-26-36-24-28-44-50(34-13-5-2-6-14-34)42-16-8-10-18-48(42)58-54(44)52(36)56-46/h1-32H. The van der Waals surface area contributed by atoms with Crippen LogP contribution in [-0.4, -0.2) is 19.9 Å². The topological polar surface area (TPSA) is 51.6 Å². The molecule has 58 heavy (non-hydrogen) atoms. The lowest BCUT2D eigenvalue weighted by Gasteiger charge is -2.14. The molecule has 0 saturated heterocycles. The van der Waals surface area contributed by atoms with Gasteiger partial charge >= 0.3 is 0 Å². The number of aromatic nitrogens is 4. The number of benzene rings is 8. The van der Waals surface area contributed by atoms with Crippen LogP contribution in [0.4, 0.5) is 0 Å². The Labute approximate surface area is 333 Å². The molecule has 0 fully saturated rings. The molecule has 0 atom stereocenters. The van der Waals surface area contributed by atoms with Gasteiger partial charge < -0.3 is 0 Å². The number of para-hydroxylation sites is 2. The Morgan fingerprint density at radius 3 is 1.10 bits per heavy atom. The van der Waals surface area contributed by atoms with Crippen molar-refractivity contribution < 1.29 is 0 Å². The fourth-order valence-electron chi connectivity index (χ4n) is 8.79. The van der Waals surface area contributed by atoms with E-state index in [4.69, 9.17) is 19.9 Å². The minimum absolute atomic E-state index is 0.904. The van der Waals surface area contributed by atoms with Crippen LogP contribution in [0.5, 0.6) is 0 Å². The molecule has 0 bridgehead atoms. The molecule has 268 valence electrons. The highest BCUT2D eigenvalue weighted by molar-refractivity contribution is 6.17. The van der Waals surface area contributed by atoms with Crippen LogP contribution in [0.2, 0.25) is 0 Å². The van der Waals surface area contributed by atoms with Crippen molar-refractivity contribution in [1.29, 1.82) is 0 Å². The lowest BCUT2D eigenvalue weighted by atomic mass is 9.95. The molecule has 0 aliphatic heterocycles. The molecule has 12 rings (SSSR count). The summed E-state index contributed by atoms with van der Waals surface area (Å²) in [5.74, 6) is 0. The second kappa shape index (κ2) is 12.9. The smallest absolute Gasteiger partial charge is 0.0978 e. The van der Waals surface area contributed by atoms with Crippen LogP contribution in [0.1, 0.15) is 0 Å². The van der Waals surface area contributed by atoms with Crippen molar-refractivity contribution in [1.82, 2.24) is 19.9 Å². The molecule has 0 amide bonds. The third-order valence-electron chi connectivity index (χ3n) is 11.6. The Morgan fingerprint density at radius 1 is 0.241 bits per heavy atom. The van der Waals surface area contributed by atoms with E-state index in [2.05, 4.69) is 194 Å². The first-order valence-electron chi connectivity index (χ1n) is 19.6. The molecular weight excluding hydrogens is 705 g/mol. The largest absolute Gasteiger partial charge is 0.245 e. The van der Waals surface area contributed by atoms with Gasteiger partial charge in [0.05, 0.1) is 44.5 Å². The number of fused-ring (bicyclic) bond motifs is 9. The van der Waals surface area contributed by atoms with Crippen molar-refractivity contribution in [2.24, 2.45) is 0 Å². The van der Waals surface area contributed by atoms with Crippen LogP contribution in [0.25, 0.3) is 121 Å². The molecule has 0 aliphatic rings. The predicted octanol–water partition coefficient (Wildman–Crippen LogP) is 14.0. The van der Waals surface area contributed by atoms with Crippen LogP contribution in [0.15, 0.2) is 194 Å². The fourth-order valence-corrected chi connectivity index (χ4v) is 8.79. The number of hydrogen-bond acceptors (Lipinski definition) is 4. The summed E-state index contributed by atoms with van der Waals surface area (Å²) in [6.07, 6.45) is 0. The summed E-state index contributed by atoms with van der Waals surface area (Å²) in [4.78, 5) is 21.0. The van der Waals surface area contributed by atoms with Crippen molar-refractivity contribution in [3.8, 4) is 44.8 Å². The first-order valence-corrected chi connectivity index (χ1v) is 19.6. The van der Waals surface area contributed by atoms with E-state index >= 15 is 0 Å². The third-order valence-corrected chi connectivity index (χ3v) is 11.6. The van der Waals surface area contributed by atoms with Crippen LogP contribution in [0.3, 0.4) is 0 Å². The van der Waals surface area contributed by atoms with Gasteiger partial charge in [-0.05, 0) is 58.3 Å². The Balaban J connectivity index is 0.961. The molecule has 12 aromatic rings. The quantitative estimate of drug-likeness (QED) is 0.133. The van der Waals surface area contributed by atoms with Crippen LogP contribution >= 0.6 is 0 Å². The average molecular weight is 737 g/mol. The zero-order chi connectivity index (χ0) is 38.2. The van der Waals surface area contributed by atoms with Gasteiger partial charge in [-0.3, -0.25) is 0 Å². The molecule has 4 heterocycles. The van der Waals surface area contributed by atoms with Gasteiger partial charge in [0, 0.05) is 54.6 Å². The molecule has 4 aromatic heterocycles. The summed E-state index contributed by atoms with van der Waals surface area (Å²) in [6, 6.07) is 68.5. The molecule has 0 N–H and O–H groups in total. The van der Waals surface area contributed by atoms with Gasteiger partial charge in [-0.15, -0.1) is 0 Å². The highest BCUT2D eigenvalue weighted by atomic mass is 14.8. The maximum atomic E-state index is 5.31. The first-order chi connectivity index (χ1) is 28.7. The summed E-state index contributed by atoms with van der Waals surface area (Å²) < 4.78 is 0. The summed E-state index contributed by atoms with van der Waals surface area (Å²) in [7, 11) is 0. The normalized spacial score (nSPS) is 11.8. The summed E-state index contributed by atoms with van der Waals surface area (Å²) in [5.41, 5.74) is 14.2. The molecule has 8 aromatic carbocycles. The Bertz CT molecular complexity index is 3380. The second-order valence-electron chi connectivity index (χ2n) is 15.0. The van der Waals surface area contributed by atoms with Crippen LogP contribution in [0, 0.1) is 0 Å². The Kier molecular flexibility index (Phi) is 7.20. The van der Waals surface area contributed by atoms with E-state index in [9.17, 15) is 0 Å². The van der Waals surface area contributed by atoms with E-state index in [-0.39, 0.29) is 0 Å². The highest BCUT2D eigenvalue weighted by Gasteiger charge is 2.17. The zero-order valence-corrected chi connectivity index (χ0v) is 31.3. The van der Waals surface area contributed by atoms with E-state index in [0.29, 0.717) is 0 Å². The average Bonchev–Trinajstić information content (AvgIpc) is 3.29. The molecular formula is C54H32N4. The maximum Gasteiger partial charge on any atom is 0.0978 e. The summed E-state index contributed by atoms with van der Waals surface area (Å²) in [6.45, 7) is 0. The number of nitrogens with zero attached hydrogens (tertiary/aromatic N) is 4. The van der Waals surface area contributed by atoms with E-state index in [0.717, 1.165) is 98.7 Å². The van der Waals surface area contributed by atoms with E-state index in [1.165, 1.54) is 22.3 Å². The first kappa shape index (κ1) is 32.4. The number of rotatable bonds is 4. The van der Waals surface area contributed by atoms with Crippen molar-refractivity contribution >= 4 is 76.2 Å². The molecule has 4 heteroatoms. The number of hydrogen-bond donors (Lipinski definition) is 0. The molecule has 0 aliphatic carbocycles. The van der Waals surface area contributed by atoms with Gasteiger partial charge in [0.1, 0.15) is 0 Å². The minimum Gasteiger partial charge on any atom is -0.245 e. The van der Waals surface area contributed by atoms with E-state index < -0.39 is 0 Å². The van der Waals surface area contributed by atoms with E-state index in [1.54, 1.807) is 0 Å². The van der Waals surface area contributed by atoms with Crippen LogP contribution < -0.4 is 0 Å². The lowest BCUT2D eigenvalue weighted by Crippen LogP contribution is -1.93. The van der Waals surface area contributed by atoms with Gasteiger partial charge in [0.25, 0.3) is 0 Å². The van der Waals surface area contributed by atoms with Crippen molar-refractivity contribution in [3.05, 3.63) is 194 Å². The van der Waals surface area contributed by atoms with Gasteiger partial charge in [-0.1, -0.05) is 158 Å². The van der Waals surface area contributed by atoms with Crippen LogP contribution in [-0.2, 0) is 0 Å². The Morgan fingerprint density at radius 2 is 0.638 bits per heavy atom. The van der Waals surface area contributed by atoms with Gasteiger partial charge in [0.2, 0.25) is 0 Å². The minimum atomic E-state index is 0.904.